The van der Waals surface area contributed by atoms with Crippen molar-refractivity contribution in [1.29, 1.82) is 0 Å². The van der Waals surface area contributed by atoms with E-state index in [-0.39, 0.29) is 5.38 Å². The van der Waals surface area contributed by atoms with E-state index in [1.807, 2.05) is 37.3 Å². The molecular weight excluding hydrogens is 233 g/mol. The van der Waals surface area contributed by atoms with Crippen LogP contribution in [0.25, 0.3) is 11.3 Å². The average Bonchev–Trinajstić information content (AvgIpc) is 2.66. The van der Waals surface area contributed by atoms with Crippen LogP contribution in [-0.2, 0) is 0 Å². The first-order chi connectivity index (χ1) is 7.16. The molecule has 1 aromatic heterocycles. The Labute approximate surface area is 97.8 Å². The topological polar surface area (TPSA) is 26.0 Å². The lowest BCUT2D eigenvalue weighted by atomic mass is 10.1. The summed E-state index contributed by atoms with van der Waals surface area (Å²) in [5, 5.41) is 4.43. The van der Waals surface area contributed by atoms with Crippen LogP contribution in [0.15, 0.2) is 34.9 Å². The van der Waals surface area contributed by atoms with Crippen molar-refractivity contribution in [3.8, 4) is 11.3 Å². The Balaban J connectivity index is 2.37. The molecule has 0 saturated carbocycles. The van der Waals surface area contributed by atoms with Crippen LogP contribution in [0.5, 0.6) is 0 Å². The molecule has 2 rings (SSSR count). The van der Waals surface area contributed by atoms with Gasteiger partial charge >= 0.3 is 0 Å². The van der Waals surface area contributed by atoms with Crippen molar-refractivity contribution in [3.05, 3.63) is 41.1 Å². The van der Waals surface area contributed by atoms with Crippen LogP contribution in [0, 0.1) is 0 Å². The summed E-state index contributed by atoms with van der Waals surface area (Å²) >= 11 is 11.8. The van der Waals surface area contributed by atoms with Crippen LogP contribution in [0.2, 0.25) is 5.02 Å². The maximum Gasteiger partial charge on any atom is 0.154 e. The Kier molecular flexibility index (Phi) is 2.98. The van der Waals surface area contributed by atoms with Gasteiger partial charge in [-0.15, -0.1) is 11.6 Å². The Morgan fingerprint density at radius 2 is 2.13 bits per heavy atom. The SMILES string of the molecule is CC(Cl)c1cc(-c2cccc(Cl)c2)no1. The van der Waals surface area contributed by atoms with E-state index in [1.54, 1.807) is 0 Å². The van der Waals surface area contributed by atoms with Crippen molar-refractivity contribution in [2.45, 2.75) is 12.3 Å². The van der Waals surface area contributed by atoms with Gasteiger partial charge in [-0.3, -0.25) is 0 Å². The van der Waals surface area contributed by atoms with Gasteiger partial charge in [0.2, 0.25) is 0 Å². The molecule has 0 radical (unpaired) electrons. The minimum atomic E-state index is -0.176. The normalized spacial score (nSPS) is 12.7. The molecule has 1 aromatic carbocycles. The van der Waals surface area contributed by atoms with E-state index in [4.69, 9.17) is 27.7 Å². The first-order valence-electron chi connectivity index (χ1n) is 4.53. The van der Waals surface area contributed by atoms with Gasteiger partial charge in [0.25, 0.3) is 0 Å². The van der Waals surface area contributed by atoms with E-state index < -0.39 is 0 Å². The highest BCUT2D eigenvalue weighted by Gasteiger charge is 2.10. The molecule has 0 fully saturated rings. The fourth-order valence-corrected chi connectivity index (χ4v) is 1.55. The van der Waals surface area contributed by atoms with Crippen LogP contribution in [0.1, 0.15) is 18.1 Å². The third-order valence-corrected chi connectivity index (χ3v) is 2.49. The standard InChI is InChI=1S/C11H9Cl2NO/c1-7(12)11-6-10(14-15-11)8-3-2-4-9(13)5-8/h2-7H,1H3. The molecule has 15 heavy (non-hydrogen) atoms. The quantitative estimate of drug-likeness (QED) is 0.734. The number of halogens is 2. The lowest BCUT2D eigenvalue weighted by Crippen LogP contribution is -1.77. The average molecular weight is 242 g/mol. The number of hydrogen-bond donors (Lipinski definition) is 0. The van der Waals surface area contributed by atoms with Gasteiger partial charge in [-0.05, 0) is 19.1 Å². The third-order valence-electron chi connectivity index (χ3n) is 2.04. The highest BCUT2D eigenvalue weighted by molar-refractivity contribution is 6.30. The minimum Gasteiger partial charge on any atom is -0.359 e. The van der Waals surface area contributed by atoms with Crippen molar-refractivity contribution < 1.29 is 4.52 Å². The Morgan fingerprint density at radius 3 is 2.73 bits per heavy atom. The molecular formula is C11H9Cl2NO. The highest BCUT2D eigenvalue weighted by Crippen LogP contribution is 2.26. The number of rotatable bonds is 2. The van der Waals surface area contributed by atoms with Crippen molar-refractivity contribution >= 4 is 23.2 Å². The molecule has 78 valence electrons. The molecule has 0 aliphatic carbocycles. The van der Waals surface area contributed by atoms with Gasteiger partial charge in [0, 0.05) is 16.7 Å². The zero-order valence-electron chi connectivity index (χ0n) is 8.08. The minimum absolute atomic E-state index is 0.176. The largest absolute Gasteiger partial charge is 0.359 e. The first kappa shape index (κ1) is 10.5. The maximum absolute atomic E-state index is 5.88. The van der Waals surface area contributed by atoms with Gasteiger partial charge in [0.1, 0.15) is 5.69 Å². The van der Waals surface area contributed by atoms with Crippen LogP contribution >= 0.6 is 23.2 Å². The lowest BCUT2D eigenvalue weighted by molar-refractivity contribution is 0.386. The molecule has 0 N–H and O–H groups in total. The molecule has 0 aliphatic rings. The van der Waals surface area contributed by atoms with Crippen LogP contribution < -0.4 is 0 Å². The summed E-state index contributed by atoms with van der Waals surface area (Å²) in [5.74, 6) is 0.659. The van der Waals surface area contributed by atoms with Gasteiger partial charge in [0.05, 0.1) is 5.38 Å². The second kappa shape index (κ2) is 4.25. The molecule has 1 heterocycles. The smallest absolute Gasteiger partial charge is 0.154 e. The molecule has 4 heteroatoms. The van der Waals surface area contributed by atoms with Crippen molar-refractivity contribution in [3.63, 3.8) is 0 Å². The lowest BCUT2D eigenvalue weighted by Gasteiger charge is -1.95. The van der Waals surface area contributed by atoms with E-state index in [0.717, 1.165) is 11.3 Å². The van der Waals surface area contributed by atoms with Crippen molar-refractivity contribution in [2.75, 3.05) is 0 Å². The zero-order chi connectivity index (χ0) is 10.8. The summed E-state index contributed by atoms with van der Waals surface area (Å²) in [6.07, 6.45) is 0. The maximum atomic E-state index is 5.88. The van der Waals surface area contributed by atoms with Crippen LogP contribution in [0.3, 0.4) is 0 Å². The number of benzene rings is 1. The predicted molar refractivity (Wildman–Crippen MR) is 61.2 cm³/mol. The van der Waals surface area contributed by atoms with Gasteiger partial charge in [-0.1, -0.05) is 28.9 Å². The summed E-state index contributed by atoms with van der Waals surface area (Å²) in [6, 6.07) is 9.27. The monoisotopic (exact) mass is 241 g/mol. The fraction of sp³-hybridized carbons (Fsp3) is 0.182. The number of alkyl halides is 1. The highest BCUT2D eigenvalue weighted by atomic mass is 35.5. The molecule has 1 unspecified atom stereocenters. The van der Waals surface area contributed by atoms with Crippen molar-refractivity contribution in [1.82, 2.24) is 5.16 Å². The molecule has 0 aliphatic heterocycles. The molecule has 2 aromatic rings. The van der Waals surface area contributed by atoms with Crippen LogP contribution in [0.4, 0.5) is 0 Å². The molecule has 0 saturated heterocycles. The Morgan fingerprint density at radius 1 is 1.33 bits per heavy atom. The summed E-state index contributed by atoms with van der Waals surface area (Å²) in [7, 11) is 0. The van der Waals surface area contributed by atoms with Gasteiger partial charge in [0.15, 0.2) is 5.76 Å². The number of hydrogen-bond acceptors (Lipinski definition) is 2. The first-order valence-corrected chi connectivity index (χ1v) is 5.35. The molecule has 0 spiro atoms. The molecule has 0 amide bonds. The summed E-state index contributed by atoms with van der Waals surface area (Å²) in [4.78, 5) is 0. The molecule has 2 nitrogen and oxygen atoms in total. The summed E-state index contributed by atoms with van der Waals surface area (Å²) < 4.78 is 5.10. The third kappa shape index (κ3) is 2.33. The van der Waals surface area contributed by atoms with E-state index in [9.17, 15) is 0 Å². The second-order valence-electron chi connectivity index (χ2n) is 3.24. The number of aromatic nitrogens is 1. The van der Waals surface area contributed by atoms with Gasteiger partial charge < -0.3 is 4.52 Å². The number of nitrogens with zero attached hydrogens (tertiary/aromatic N) is 1. The molecule has 0 bridgehead atoms. The van der Waals surface area contributed by atoms with E-state index in [2.05, 4.69) is 5.16 Å². The van der Waals surface area contributed by atoms with Gasteiger partial charge in [-0.25, -0.2) is 0 Å². The van der Waals surface area contributed by atoms with E-state index in [0.29, 0.717) is 10.8 Å². The summed E-state index contributed by atoms with van der Waals surface area (Å²) in [6.45, 7) is 1.84. The van der Waals surface area contributed by atoms with Gasteiger partial charge in [-0.2, -0.15) is 0 Å². The van der Waals surface area contributed by atoms with E-state index in [1.165, 1.54) is 0 Å². The van der Waals surface area contributed by atoms with Crippen LogP contribution in [-0.4, -0.2) is 5.16 Å². The molecule has 1 atom stereocenters. The summed E-state index contributed by atoms with van der Waals surface area (Å²) in [5.41, 5.74) is 1.68. The van der Waals surface area contributed by atoms with Crippen molar-refractivity contribution in [2.24, 2.45) is 0 Å². The Hall–Kier alpha value is -0.990. The Bertz CT molecular complexity index is 465. The predicted octanol–water partition coefficient (Wildman–Crippen LogP) is 4.29. The zero-order valence-corrected chi connectivity index (χ0v) is 9.59. The van der Waals surface area contributed by atoms with E-state index >= 15 is 0 Å². The fourth-order valence-electron chi connectivity index (χ4n) is 1.26. The second-order valence-corrected chi connectivity index (χ2v) is 4.33.